The fraction of sp³-hybridized carbons (Fsp3) is 0.273. The summed E-state index contributed by atoms with van der Waals surface area (Å²) in [5, 5.41) is 2.81. The quantitative estimate of drug-likeness (QED) is 0.752. The van der Waals surface area contributed by atoms with Gasteiger partial charge in [0.1, 0.15) is 5.69 Å². The molecule has 0 aliphatic carbocycles. The van der Waals surface area contributed by atoms with Crippen molar-refractivity contribution in [2.45, 2.75) is 33.6 Å². The lowest BCUT2D eigenvalue weighted by atomic mass is 10.0. The number of hydrogen-bond donors (Lipinski definition) is 1. The molecule has 0 unspecified atom stereocenters. The van der Waals surface area contributed by atoms with E-state index >= 15 is 0 Å². The van der Waals surface area contributed by atoms with Crippen LogP contribution in [0.3, 0.4) is 0 Å². The van der Waals surface area contributed by atoms with Crippen molar-refractivity contribution in [3.63, 3.8) is 0 Å². The summed E-state index contributed by atoms with van der Waals surface area (Å²) in [6.07, 6.45) is 0.979. The standard InChI is InChI=1S/C22H25N3O2/c1-15-10-11-18(14-16(15)2)12-13-20(26)23-21-17(3)24(4)25(22(21)27)19-8-6-5-7-9-19/h5-11,14H,12-13H2,1-4H3,(H,23,26). The molecule has 0 atom stereocenters. The van der Waals surface area contributed by atoms with E-state index in [1.165, 1.54) is 11.1 Å². The molecule has 3 aromatic rings. The molecule has 2 aromatic carbocycles. The number of carbonyl (C=O) groups is 1. The van der Waals surface area contributed by atoms with E-state index in [-0.39, 0.29) is 11.5 Å². The van der Waals surface area contributed by atoms with Gasteiger partial charge in [-0.3, -0.25) is 14.3 Å². The third-order valence-corrected chi connectivity index (χ3v) is 5.03. The maximum atomic E-state index is 12.8. The molecule has 0 bridgehead atoms. The van der Waals surface area contributed by atoms with Gasteiger partial charge in [0, 0.05) is 13.5 Å². The first kappa shape index (κ1) is 18.7. The third kappa shape index (κ3) is 3.87. The van der Waals surface area contributed by atoms with Crippen LogP contribution >= 0.6 is 0 Å². The number of anilines is 1. The molecule has 0 saturated heterocycles. The number of carbonyl (C=O) groups excluding carboxylic acids is 1. The SMILES string of the molecule is Cc1ccc(CCC(=O)Nc2c(C)n(C)n(-c3ccccc3)c2=O)cc1C. The summed E-state index contributed by atoms with van der Waals surface area (Å²) in [6, 6.07) is 15.6. The Bertz CT molecular complexity index is 1030. The highest BCUT2D eigenvalue weighted by Crippen LogP contribution is 2.15. The van der Waals surface area contributed by atoms with Crippen molar-refractivity contribution < 1.29 is 4.79 Å². The van der Waals surface area contributed by atoms with Gasteiger partial charge >= 0.3 is 0 Å². The highest BCUT2D eigenvalue weighted by Gasteiger charge is 2.17. The minimum atomic E-state index is -0.222. The maximum absolute atomic E-state index is 12.8. The summed E-state index contributed by atoms with van der Waals surface area (Å²) in [6.45, 7) is 5.97. The molecule has 5 nitrogen and oxygen atoms in total. The van der Waals surface area contributed by atoms with E-state index in [2.05, 4.69) is 31.3 Å². The Balaban J connectivity index is 1.76. The summed E-state index contributed by atoms with van der Waals surface area (Å²) in [7, 11) is 1.81. The lowest BCUT2D eigenvalue weighted by Gasteiger charge is -2.07. The van der Waals surface area contributed by atoms with Gasteiger partial charge in [0.05, 0.1) is 11.4 Å². The number of benzene rings is 2. The summed E-state index contributed by atoms with van der Waals surface area (Å²) in [5.41, 5.74) is 5.20. The Hall–Kier alpha value is -3.08. The Morgan fingerprint density at radius 2 is 1.70 bits per heavy atom. The molecule has 5 heteroatoms. The van der Waals surface area contributed by atoms with E-state index in [0.29, 0.717) is 18.5 Å². The maximum Gasteiger partial charge on any atom is 0.295 e. The number of nitrogens with one attached hydrogen (secondary N) is 1. The largest absolute Gasteiger partial charge is 0.320 e. The number of aromatic nitrogens is 2. The number of rotatable bonds is 5. The summed E-state index contributed by atoms with van der Waals surface area (Å²) in [5.74, 6) is -0.153. The van der Waals surface area contributed by atoms with Crippen LogP contribution in [-0.4, -0.2) is 15.3 Å². The monoisotopic (exact) mass is 363 g/mol. The minimum absolute atomic E-state index is 0.153. The molecule has 0 aliphatic rings. The van der Waals surface area contributed by atoms with Crippen molar-refractivity contribution in [3.8, 4) is 5.69 Å². The summed E-state index contributed by atoms with van der Waals surface area (Å²) in [4.78, 5) is 25.3. The fourth-order valence-corrected chi connectivity index (χ4v) is 3.13. The van der Waals surface area contributed by atoms with Crippen LogP contribution in [0.4, 0.5) is 5.69 Å². The van der Waals surface area contributed by atoms with E-state index in [0.717, 1.165) is 16.9 Å². The lowest BCUT2D eigenvalue weighted by Crippen LogP contribution is -2.23. The van der Waals surface area contributed by atoms with Gasteiger partial charge in [-0.1, -0.05) is 36.4 Å². The van der Waals surface area contributed by atoms with Crippen LogP contribution in [0.15, 0.2) is 53.3 Å². The lowest BCUT2D eigenvalue weighted by molar-refractivity contribution is -0.116. The van der Waals surface area contributed by atoms with Crippen molar-refractivity contribution in [2.24, 2.45) is 7.05 Å². The topological polar surface area (TPSA) is 56.0 Å². The second kappa shape index (κ2) is 7.66. The Morgan fingerprint density at radius 3 is 2.37 bits per heavy atom. The molecule has 0 aliphatic heterocycles. The molecule has 0 radical (unpaired) electrons. The second-order valence-corrected chi connectivity index (χ2v) is 6.90. The van der Waals surface area contributed by atoms with Gasteiger partial charge in [0.25, 0.3) is 5.56 Å². The van der Waals surface area contributed by atoms with Crippen molar-refractivity contribution in [1.82, 2.24) is 9.36 Å². The van der Waals surface area contributed by atoms with E-state index in [1.54, 1.807) is 9.36 Å². The number of para-hydroxylation sites is 1. The molecular formula is C22H25N3O2. The van der Waals surface area contributed by atoms with Gasteiger partial charge in [0.2, 0.25) is 5.91 Å². The number of amides is 1. The smallest absolute Gasteiger partial charge is 0.295 e. The first-order valence-electron chi connectivity index (χ1n) is 9.08. The van der Waals surface area contributed by atoms with Crippen LogP contribution in [0.5, 0.6) is 0 Å². The molecule has 0 fully saturated rings. The molecule has 3 rings (SSSR count). The molecule has 27 heavy (non-hydrogen) atoms. The number of hydrogen-bond acceptors (Lipinski definition) is 2. The number of nitrogens with zero attached hydrogens (tertiary/aromatic N) is 2. The normalized spacial score (nSPS) is 10.8. The minimum Gasteiger partial charge on any atom is -0.320 e. The van der Waals surface area contributed by atoms with E-state index in [1.807, 2.05) is 50.4 Å². The molecule has 1 heterocycles. The van der Waals surface area contributed by atoms with Crippen LogP contribution < -0.4 is 10.9 Å². The summed E-state index contributed by atoms with van der Waals surface area (Å²) >= 11 is 0. The van der Waals surface area contributed by atoms with Gasteiger partial charge in [-0.15, -0.1) is 0 Å². The molecule has 0 saturated carbocycles. The molecule has 1 aromatic heterocycles. The molecule has 0 spiro atoms. The first-order chi connectivity index (χ1) is 12.9. The van der Waals surface area contributed by atoms with Gasteiger partial charge in [-0.25, -0.2) is 4.68 Å². The molecule has 1 N–H and O–H groups in total. The van der Waals surface area contributed by atoms with E-state index < -0.39 is 0 Å². The second-order valence-electron chi connectivity index (χ2n) is 6.90. The zero-order chi connectivity index (χ0) is 19.6. The zero-order valence-electron chi connectivity index (χ0n) is 16.2. The number of aryl methyl sites for hydroxylation is 3. The van der Waals surface area contributed by atoms with Crippen LogP contribution in [-0.2, 0) is 18.3 Å². The Morgan fingerprint density at radius 1 is 1.00 bits per heavy atom. The third-order valence-electron chi connectivity index (χ3n) is 5.03. The fourth-order valence-electron chi connectivity index (χ4n) is 3.13. The Labute approximate surface area is 159 Å². The van der Waals surface area contributed by atoms with Crippen LogP contribution in [0.1, 0.15) is 28.8 Å². The van der Waals surface area contributed by atoms with Gasteiger partial charge in [-0.05, 0) is 56.0 Å². The van der Waals surface area contributed by atoms with Crippen LogP contribution in [0.2, 0.25) is 0 Å². The highest BCUT2D eigenvalue weighted by molar-refractivity contribution is 5.91. The van der Waals surface area contributed by atoms with Crippen LogP contribution in [0.25, 0.3) is 5.69 Å². The van der Waals surface area contributed by atoms with Crippen molar-refractivity contribution in [2.75, 3.05) is 5.32 Å². The molecular weight excluding hydrogens is 338 g/mol. The first-order valence-corrected chi connectivity index (χ1v) is 9.08. The predicted octanol–water partition coefficient (Wildman–Crippen LogP) is 3.67. The van der Waals surface area contributed by atoms with Crippen molar-refractivity contribution in [1.29, 1.82) is 0 Å². The molecule has 1 amide bonds. The zero-order valence-corrected chi connectivity index (χ0v) is 16.2. The summed E-state index contributed by atoms with van der Waals surface area (Å²) < 4.78 is 3.32. The van der Waals surface area contributed by atoms with E-state index in [4.69, 9.17) is 0 Å². The van der Waals surface area contributed by atoms with Crippen LogP contribution in [0, 0.1) is 20.8 Å². The van der Waals surface area contributed by atoms with Gasteiger partial charge in [0.15, 0.2) is 0 Å². The van der Waals surface area contributed by atoms with Crippen molar-refractivity contribution >= 4 is 11.6 Å². The average molecular weight is 363 g/mol. The average Bonchev–Trinajstić information content (AvgIpc) is 2.87. The Kier molecular flexibility index (Phi) is 5.31. The van der Waals surface area contributed by atoms with Gasteiger partial charge in [-0.2, -0.15) is 0 Å². The van der Waals surface area contributed by atoms with Gasteiger partial charge < -0.3 is 5.32 Å². The van der Waals surface area contributed by atoms with E-state index in [9.17, 15) is 9.59 Å². The predicted molar refractivity (Wildman–Crippen MR) is 109 cm³/mol. The highest BCUT2D eigenvalue weighted by atomic mass is 16.2. The van der Waals surface area contributed by atoms with Crippen molar-refractivity contribution in [3.05, 3.63) is 81.3 Å². The molecule has 140 valence electrons.